The van der Waals surface area contributed by atoms with Crippen LogP contribution in [0.3, 0.4) is 0 Å². The summed E-state index contributed by atoms with van der Waals surface area (Å²) in [4.78, 5) is 2.45. The maximum atomic E-state index is 2.66. The molecule has 0 aliphatic heterocycles. The molecule has 1 aromatic heterocycles. The number of para-hydroxylation sites is 3. The van der Waals surface area contributed by atoms with E-state index in [4.69, 9.17) is 0 Å². The van der Waals surface area contributed by atoms with Crippen LogP contribution >= 0.6 is 0 Å². The van der Waals surface area contributed by atoms with E-state index in [1.54, 1.807) is 5.57 Å². The van der Waals surface area contributed by atoms with Crippen molar-refractivity contribution in [2.45, 2.75) is 38.0 Å². The second-order valence-electron chi connectivity index (χ2n) is 18.0. The molecular weight excluding hydrogens is 737 g/mol. The molecule has 0 saturated heterocycles. The number of rotatable bonds is 8. The van der Waals surface area contributed by atoms with Gasteiger partial charge in [-0.3, -0.25) is 0 Å². The zero-order valence-corrected chi connectivity index (χ0v) is 34.6. The molecule has 2 nitrogen and oxygen atoms in total. The largest absolute Gasteiger partial charge is 0.310 e. The molecule has 3 aliphatic carbocycles. The zero-order valence-electron chi connectivity index (χ0n) is 34.6. The van der Waals surface area contributed by atoms with Crippen LogP contribution in [0.5, 0.6) is 0 Å². The van der Waals surface area contributed by atoms with Crippen molar-refractivity contribution in [3.8, 4) is 39.1 Å². The van der Waals surface area contributed by atoms with Crippen molar-refractivity contribution in [3.05, 3.63) is 217 Å². The van der Waals surface area contributed by atoms with Gasteiger partial charge in [0.25, 0.3) is 0 Å². The minimum Gasteiger partial charge on any atom is -0.310 e. The Bertz CT molecular complexity index is 3060. The van der Waals surface area contributed by atoms with Gasteiger partial charge < -0.3 is 9.47 Å². The molecular formula is C59H48N2. The van der Waals surface area contributed by atoms with E-state index in [-0.39, 0.29) is 5.41 Å². The highest BCUT2D eigenvalue weighted by molar-refractivity contribution is 6.09. The summed E-state index contributed by atoms with van der Waals surface area (Å²) in [6, 6.07) is 74.0. The predicted octanol–water partition coefficient (Wildman–Crippen LogP) is 15.9. The van der Waals surface area contributed by atoms with Crippen molar-refractivity contribution < 1.29 is 0 Å². The number of allylic oxidation sites excluding steroid dienone is 2. The Morgan fingerprint density at radius 2 is 1.07 bits per heavy atom. The van der Waals surface area contributed by atoms with E-state index in [0.717, 1.165) is 29.1 Å². The number of fused-ring (bicyclic) bond motifs is 4. The van der Waals surface area contributed by atoms with Gasteiger partial charge in [-0.2, -0.15) is 0 Å². The van der Waals surface area contributed by atoms with Gasteiger partial charge >= 0.3 is 0 Å². The van der Waals surface area contributed by atoms with E-state index in [1.165, 1.54) is 97.8 Å². The van der Waals surface area contributed by atoms with E-state index < -0.39 is 0 Å². The number of hydrogen-bond acceptors (Lipinski definition) is 1. The summed E-state index contributed by atoms with van der Waals surface area (Å²) >= 11 is 0. The average Bonchev–Trinajstić information content (AvgIpc) is 4.01. The minimum absolute atomic E-state index is 0.212. The number of benzene rings is 8. The van der Waals surface area contributed by atoms with Crippen molar-refractivity contribution in [1.29, 1.82) is 0 Å². The molecule has 1 fully saturated rings. The van der Waals surface area contributed by atoms with Gasteiger partial charge in [-0.25, -0.2) is 0 Å². The number of anilines is 3. The third-order valence-electron chi connectivity index (χ3n) is 14.2. The Kier molecular flexibility index (Phi) is 8.49. The number of nitrogens with zero attached hydrogens (tertiary/aromatic N) is 2. The fraction of sp³-hybridized carbons (Fsp3) is 0.153. The van der Waals surface area contributed by atoms with E-state index in [0.29, 0.717) is 0 Å². The van der Waals surface area contributed by atoms with Gasteiger partial charge in [0.15, 0.2) is 0 Å². The number of hydrogen-bond donors (Lipinski definition) is 0. The van der Waals surface area contributed by atoms with Crippen molar-refractivity contribution in [2.75, 3.05) is 4.90 Å². The van der Waals surface area contributed by atoms with E-state index in [1.807, 2.05) is 0 Å². The quantitative estimate of drug-likeness (QED) is 0.139. The second-order valence-corrected chi connectivity index (χ2v) is 18.0. The summed E-state index contributed by atoms with van der Waals surface area (Å²) in [6.45, 7) is 2.48. The smallest absolute Gasteiger partial charge is 0.0541 e. The summed E-state index contributed by atoms with van der Waals surface area (Å²) in [5, 5.41) is 2.54. The maximum Gasteiger partial charge on any atom is 0.0541 e. The minimum atomic E-state index is 0.212. The van der Waals surface area contributed by atoms with E-state index in [9.17, 15) is 0 Å². The third kappa shape index (κ3) is 5.99. The Balaban J connectivity index is 0.956. The molecule has 4 atom stereocenters. The van der Waals surface area contributed by atoms with Gasteiger partial charge in [0.1, 0.15) is 0 Å². The monoisotopic (exact) mass is 784 g/mol. The van der Waals surface area contributed by atoms with Gasteiger partial charge in [-0.05, 0) is 137 Å². The lowest BCUT2D eigenvalue weighted by Gasteiger charge is -2.47. The number of aromatic nitrogens is 1. The summed E-state index contributed by atoms with van der Waals surface area (Å²) in [6.07, 6.45) is 7.96. The first-order valence-electron chi connectivity index (χ1n) is 22.2. The molecule has 3 aliphatic rings. The molecule has 0 N–H and O–H groups in total. The summed E-state index contributed by atoms with van der Waals surface area (Å²) < 4.78 is 2.43. The zero-order chi connectivity index (χ0) is 40.5. The molecule has 2 heteroatoms. The Morgan fingerprint density at radius 3 is 1.79 bits per heavy atom. The lowest BCUT2D eigenvalue weighted by atomic mass is 9.57. The summed E-state index contributed by atoms with van der Waals surface area (Å²) in [7, 11) is 0. The molecule has 9 aromatic rings. The predicted molar refractivity (Wildman–Crippen MR) is 256 cm³/mol. The van der Waals surface area contributed by atoms with Crippen molar-refractivity contribution in [1.82, 2.24) is 4.57 Å². The first-order valence-corrected chi connectivity index (χ1v) is 22.2. The van der Waals surface area contributed by atoms with Gasteiger partial charge in [0, 0.05) is 38.8 Å². The normalized spacial score (nSPS) is 20.3. The van der Waals surface area contributed by atoms with Gasteiger partial charge in [-0.1, -0.05) is 158 Å². The van der Waals surface area contributed by atoms with Crippen LogP contribution in [0.15, 0.2) is 212 Å². The molecule has 1 saturated carbocycles. The Hall–Kier alpha value is -6.90. The highest BCUT2D eigenvalue weighted by Crippen LogP contribution is 2.62. The SMILES string of the molecule is C[C@H]1CC2C[C@@H]3C=C2C(c2ccc(N(c4ccc(-c5ccccc5-n5c6ccccc6c6ccccc65)cc4)c4cccc(-c5cccc(-c6ccccc6)c5)c4)cc2)(C1)C3. The van der Waals surface area contributed by atoms with Crippen molar-refractivity contribution >= 4 is 38.9 Å². The highest BCUT2D eigenvalue weighted by atomic mass is 15.1. The third-order valence-corrected chi connectivity index (χ3v) is 14.2. The molecule has 12 rings (SSSR count). The fourth-order valence-electron chi connectivity index (χ4n) is 11.8. The second kappa shape index (κ2) is 14.4. The summed E-state index contributed by atoms with van der Waals surface area (Å²) in [5.41, 5.74) is 17.8. The molecule has 0 spiro atoms. The molecule has 0 amide bonds. The van der Waals surface area contributed by atoms with Crippen LogP contribution in [0.4, 0.5) is 17.1 Å². The molecule has 2 unspecified atom stereocenters. The standard InChI is InChI=1S/C59H48N2/c1-40-33-47-34-41-35-55(47)59(38-40,39-41)48-27-31-50(32-28-48)60(51-18-12-17-46(37-51)45-16-11-15-44(36-45)42-13-3-2-4-14-42)49-29-25-43(26-30-49)52-19-5-8-22-56(52)61-57-23-9-6-20-53(57)54-21-7-10-24-58(54)61/h2-32,35-37,40-41,47H,33-34,38-39H2,1H3/t40-,41+,47?,59?/m0/s1. The van der Waals surface area contributed by atoms with Crippen LogP contribution in [0.2, 0.25) is 0 Å². The molecule has 0 radical (unpaired) electrons. The highest BCUT2D eigenvalue weighted by Gasteiger charge is 2.53. The van der Waals surface area contributed by atoms with Crippen LogP contribution in [0.1, 0.15) is 38.2 Å². The van der Waals surface area contributed by atoms with Crippen LogP contribution in [0, 0.1) is 17.8 Å². The molecule has 61 heavy (non-hydrogen) atoms. The van der Waals surface area contributed by atoms with Crippen LogP contribution in [-0.4, -0.2) is 4.57 Å². The van der Waals surface area contributed by atoms with Crippen LogP contribution in [0.25, 0.3) is 60.9 Å². The maximum absolute atomic E-state index is 2.66. The lowest BCUT2D eigenvalue weighted by Crippen LogP contribution is -2.40. The molecule has 1 heterocycles. The Labute approximate surface area is 359 Å². The summed E-state index contributed by atoms with van der Waals surface area (Å²) in [5.74, 6) is 2.30. The molecule has 294 valence electrons. The first-order chi connectivity index (χ1) is 30.1. The lowest BCUT2D eigenvalue weighted by molar-refractivity contribution is 0.188. The van der Waals surface area contributed by atoms with Gasteiger partial charge in [0.2, 0.25) is 0 Å². The van der Waals surface area contributed by atoms with Crippen LogP contribution in [-0.2, 0) is 5.41 Å². The first kappa shape index (κ1) is 36.0. The van der Waals surface area contributed by atoms with E-state index in [2.05, 4.69) is 223 Å². The topological polar surface area (TPSA) is 8.17 Å². The molecule has 8 aromatic carbocycles. The van der Waals surface area contributed by atoms with Gasteiger partial charge in [0.05, 0.1) is 16.7 Å². The van der Waals surface area contributed by atoms with Crippen molar-refractivity contribution in [2.24, 2.45) is 17.8 Å². The molecule has 2 bridgehead atoms. The van der Waals surface area contributed by atoms with E-state index >= 15 is 0 Å². The van der Waals surface area contributed by atoms with Gasteiger partial charge in [-0.15, -0.1) is 0 Å². The van der Waals surface area contributed by atoms with Crippen molar-refractivity contribution in [3.63, 3.8) is 0 Å². The Morgan fingerprint density at radius 1 is 0.475 bits per heavy atom. The average molecular weight is 785 g/mol. The fourth-order valence-corrected chi connectivity index (χ4v) is 11.8. The van der Waals surface area contributed by atoms with Crippen LogP contribution < -0.4 is 4.90 Å².